The molecular formula is C16H18N2O4. The maximum atomic E-state index is 10.4. The van der Waals surface area contributed by atoms with E-state index in [2.05, 4.69) is 0 Å². The summed E-state index contributed by atoms with van der Waals surface area (Å²) >= 11 is 0. The molecule has 6 N–H and O–H groups in total. The van der Waals surface area contributed by atoms with E-state index in [0.29, 0.717) is 11.3 Å². The molecule has 0 unspecified atom stereocenters. The lowest BCUT2D eigenvalue weighted by Crippen LogP contribution is -2.32. The SMILES string of the molecule is N[C@@H](Cc1ccc(O)cc1)C(=O)O.Nc1ccccc1C=O. The molecule has 2 rings (SSSR count). The number of aldehydes is 1. The average molecular weight is 302 g/mol. The number of phenolic OH excluding ortho intramolecular Hbond substituents is 1. The Labute approximate surface area is 128 Å². The Hall–Kier alpha value is -2.86. The van der Waals surface area contributed by atoms with Gasteiger partial charge < -0.3 is 21.7 Å². The van der Waals surface area contributed by atoms with Crippen molar-refractivity contribution in [3.8, 4) is 5.75 Å². The van der Waals surface area contributed by atoms with Gasteiger partial charge in [-0.25, -0.2) is 0 Å². The minimum Gasteiger partial charge on any atom is -0.508 e. The molecule has 0 bridgehead atoms. The summed E-state index contributed by atoms with van der Waals surface area (Å²) in [7, 11) is 0. The van der Waals surface area contributed by atoms with E-state index in [-0.39, 0.29) is 12.2 Å². The zero-order valence-electron chi connectivity index (χ0n) is 11.8. The number of aliphatic carboxylic acids is 1. The summed E-state index contributed by atoms with van der Waals surface area (Å²) < 4.78 is 0. The zero-order chi connectivity index (χ0) is 16.5. The first-order valence-electron chi connectivity index (χ1n) is 6.50. The van der Waals surface area contributed by atoms with Crippen LogP contribution in [0.2, 0.25) is 0 Å². The highest BCUT2D eigenvalue weighted by molar-refractivity contribution is 5.82. The Morgan fingerprint density at radius 3 is 2.18 bits per heavy atom. The Morgan fingerprint density at radius 1 is 1.14 bits per heavy atom. The van der Waals surface area contributed by atoms with Gasteiger partial charge in [0.05, 0.1) is 0 Å². The first-order chi connectivity index (χ1) is 10.4. The van der Waals surface area contributed by atoms with Gasteiger partial charge in [0, 0.05) is 11.3 Å². The third-order valence-electron chi connectivity index (χ3n) is 2.83. The fourth-order valence-electron chi connectivity index (χ4n) is 1.59. The third-order valence-corrected chi connectivity index (χ3v) is 2.83. The number of carbonyl (C=O) groups is 2. The van der Waals surface area contributed by atoms with E-state index in [0.717, 1.165) is 11.8 Å². The van der Waals surface area contributed by atoms with Crippen molar-refractivity contribution in [1.29, 1.82) is 0 Å². The van der Waals surface area contributed by atoms with Gasteiger partial charge in [-0.2, -0.15) is 0 Å². The number of benzene rings is 2. The molecule has 6 nitrogen and oxygen atoms in total. The van der Waals surface area contributed by atoms with E-state index in [1.165, 1.54) is 12.1 Å². The van der Waals surface area contributed by atoms with Gasteiger partial charge in [-0.15, -0.1) is 0 Å². The number of rotatable bonds is 4. The average Bonchev–Trinajstić information content (AvgIpc) is 2.50. The molecule has 116 valence electrons. The molecular weight excluding hydrogens is 284 g/mol. The van der Waals surface area contributed by atoms with E-state index >= 15 is 0 Å². The number of carboxylic acids is 1. The van der Waals surface area contributed by atoms with Crippen LogP contribution in [0.3, 0.4) is 0 Å². The van der Waals surface area contributed by atoms with Gasteiger partial charge in [-0.3, -0.25) is 9.59 Å². The molecule has 2 aromatic carbocycles. The molecule has 0 aliphatic heterocycles. The minimum atomic E-state index is -1.02. The number of hydrogen-bond acceptors (Lipinski definition) is 5. The number of carboxylic acid groups (broad SMARTS) is 1. The van der Waals surface area contributed by atoms with Crippen LogP contribution in [-0.4, -0.2) is 28.5 Å². The largest absolute Gasteiger partial charge is 0.508 e. The normalized spacial score (nSPS) is 11.0. The summed E-state index contributed by atoms with van der Waals surface area (Å²) in [6, 6.07) is 12.4. The molecule has 6 heteroatoms. The Bertz CT molecular complexity index is 626. The van der Waals surface area contributed by atoms with Gasteiger partial charge in [-0.1, -0.05) is 24.3 Å². The highest BCUT2D eigenvalue weighted by atomic mass is 16.4. The fourth-order valence-corrected chi connectivity index (χ4v) is 1.59. The molecule has 1 atom stereocenters. The number of carbonyl (C=O) groups excluding carboxylic acids is 1. The molecule has 0 aliphatic carbocycles. The van der Waals surface area contributed by atoms with Crippen LogP contribution in [0.4, 0.5) is 5.69 Å². The van der Waals surface area contributed by atoms with Crippen LogP contribution >= 0.6 is 0 Å². The number of aromatic hydroxyl groups is 1. The lowest BCUT2D eigenvalue weighted by Gasteiger charge is -2.05. The van der Waals surface area contributed by atoms with Crippen molar-refractivity contribution in [3.63, 3.8) is 0 Å². The first-order valence-corrected chi connectivity index (χ1v) is 6.50. The summed E-state index contributed by atoms with van der Waals surface area (Å²) in [6.07, 6.45) is 1.02. The molecule has 0 aliphatic rings. The summed E-state index contributed by atoms with van der Waals surface area (Å²) in [4.78, 5) is 20.5. The van der Waals surface area contributed by atoms with Crippen LogP contribution in [-0.2, 0) is 11.2 Å². The molecule has 0 saturated heterocycles. The van der Waals surface area contributed by atoms with Gasteiger partial charge in [0.1, 0.15) is 11.8 Å². The molecule has 0 fully saturated rings. The number of nitrogen functional groups attached to an aromatic ring is 1. The number of nitrogens with two attached hydrogens (primary N) is 2. The molecule has 0 spiro atoms. The Kier molecular flexibility index (Phi) is 6.59. The van der Waals surface area contributed by atoms with Crippen molar-refractivity contribution in [3.05, 3.63) is 59.7 Å². The van der Waals surface area contributed by atoms with Crippen LogP contribution < -0.4 is 11.5 Å². The smallest absolute Gasteiger partial charge is 0.320 e. The number of hydrogen-bond donors (Lipinski definition) is 4. The van der Waals surface area contributed by atoms with Crippen molar-refractivity contribution in [1.82, 2.24) is 0 Å². The summed E-state index contributed by atoms with van der Waals surface area (Å²) in [6.45, 7) is 0. The summed E-state index contributed by atoms with van der Waals surface area (Å²) in [5.41, 5.74) is 12.6. The highest BCUT2D eigenvalue weighted by Gasteiger charge is 2.11. The van der Waals surface area contributed by atoms with Crippen molar-refractivity contribution < 1.29 is 19.8 Å². The molecule has 22 heavy (non-hydrogen) atoms. The van der Waals surface area contributed by atoms with E-state index in [9.17, 15) is 9.59 Å². The van der Waals surface area contributed by atoms with Crippen molar-refractivity contribution in [2.75, 3.05) is 5.73 Å². The zero-order valence-corrected chi connectivity index (χ0v) is 11.8. The summed E-state index contributed by atoms with van der Waals surface area (Å²) in [5.74, 6) is -0.860. The van der Waals surface area contributed by atoms with Crippen LogP contribution in [0.25, 0.3) is 0 Å². The standard InChI is InChI=1S/C9H11NO3.C7H7NO/c10-8(9(12)13)5-6-1-3-7(11)4-2-6;8-7-4-2-1-3-6(7)5-9/h1-4,8,11H,5,10H2,(H,12,13);1-5H,8H2/t8-;/m0./s1. The minimum absolute atomic E-state index is 0.160. The molecule has 0 aromatic heterocycles. The van der Waals surface area contributed by atoms with Crippen molar-refractivity contribution in [2.45, 2.75) is 12.5 Å². The second-order valence-corrected chi connectivity index (χ2v) is 4.56. The van der Waals surface area contributed by atoms with Crippen LogP contribution in [0.15, 0.2) is 48.5 Å². The topological polar surface area (TPSA) is 127 Å². The van der Waals surface area contributed by atoms with E-state index in [1.54, 1.807) is 36.4 Å². The van der Waals surface area contributed by atoms with Crippen molar-refractivity contribution >= 4 is 17.9 Å². The maximum absolute atomic E-state index is 10.4. The quantitative estimate of drug-likeness (QED) is 0.500. The number of phenols is 1. The van der Waals surface area contributed by atoms with Crippen LogP contribution in [0.1, 0.15) is 15.9 Å². The Morgan fingerprint density at radius 2 is 1.73 bits per heavy atom. The van der Waals surface area contributed by atoms with Crippen LogP contribution in [0.5, 0.6) is 5.75 Å². The predicted molar refractivity (Wildman–Crippen MR) is 83.7 cm³/mol. The lowest BCUT2D eigenvalue weighted by atomic mass is 10.1. The van der Waals surface area contributed by atoms with Crippen LogP contribution in [0, 0.1) is 0 Å². The third kappa shape index (κ3) is 5.64. The van der Waals surface area contributed by atoms with Gasteiger partial charge in [0.15, 0.2) is 6.29 Å². The Balaban J connectivity index is 0.000000235. The van der Waals surface area contributed by atoms with Gasteiger partial charge in [0.25, 0.3) is 0 Å². The molecule has 0 heterocycles. The second-order valence-electron chi connectivity index (χ2n) is 4.56. The summed E-state index contributed by atoms with van der Waals surface area (Å²) in [5, 5.41) is 17.5. The maximum Gasteiger partial charge on any atom is 0.320 e. The molecule has 0 radical (unpaired) electrons. The van der Waals surface area contributed by atoms with Gasteiger partial charge >= 0.3 is 5.97 Å². The van der Waals surface area contributed by atoms with E-state index < -0.39 is 12.0 Å². The number of para-hydroxylation sites is 1. The molecule has 0 amide bonds. The monoisotopic (exact) mass is 302 g/mol. The lowest BCUT2D eigenvalue weighted by molar-refractivity contribution is -0.138. The van der Waals surface area contributed by atoms with Gasteiger partial charge in [-0.05, 0) is 36.2 Å². The first kappa shape index (κ1) is 17.2. The van der Waals surface area contributed by atoms with E-state index in [4.69, 9.17) is 21.7 Å². The van der Waals surface area contributed by atoms with Gasteiger partial charge in [0.2, 0.25) is 0 Å². The van der Waals surface area contributed by atoms with Crippen molar-refractivity contribution in [2.24, 2.45) is 5.73 Å². The van der Waals surface area contributed by atoms with E-state index in [1.807, 2.05) is 0 Å². The second kappa shape index (κ2) is 8.43. The highest BCUT2D eigenvalue weighted by Crippen LogP contribution is 2.10. The molecule has 0 saturated carbocycles. The number of anilines is 1. The fraction of sp³-hybridized carbons (Fsp3) is 0.125. The molecule has 2 aromatic rings. The predicted octanol–water partition coefficient (Wildman–Crippen LogP) is 1.43.